The third kappa shape index (κ3) is 4.15. The Bertz CT molecular complexity index is 794. The Balaban J connectivity index is 2.17. The minimum absolute atomic E-state index is 0.00849. The maximum Gasteiger partial charge on any atom is 0.426 e. The van der Waals surface area contributed by atoms with Crippen LogP contribution in [0.1, 0.15) is 6.92 Å². The molecule has 5 nitrogen and oxygen atoms in total. The maximum atomic E-state index is 12.7. The quantitative estimate of drug-likeness (QED) is 0.612. The van der Waals surface area contributed by atoms with Crippen molar-refractivity contribution in [3.05, 3.63) is 47.5 Å². The summed E-state index contributed by atoms with van der Waals surface area (Å²) in [5, 5.41) is 14.3. The monoisotopic (exact) mass is 373 g/mol. The summed E-state index contributed by atoms with van der Waals surface area (Å²) in [6.45, 7) is 0.365. The first-order valence-corrected chi connectivity index (χ1v) is 7.42. The van der Waals surface area contributed by atoms with E-state index in [-0.39, 0.29) is 10.7 Å². The molecule has 0 saturated carbocycles. The van der Waals surface area contributed by atoms with Crippen molar-refractivity contribution in [1.29, 1.82) is 0 Å². The number of aliphatic hydroxyl groups is 1. The molecule has 1 unspecified atom stereocenters. The fraction of sp³-hybridized carbons (Fsp3) is 0.188. The van der Waals surface area contributed by atoms with Gasteiger partial charge in [0.15, 0.2) is 0 Å². The van der Waals surface area contributed by atoms with E-state index >= 15 is 0 Å². The summed E-state index contributed by atoms with van der Waals surface area (Å²) >= 11 is 5.99. The first-order chi connectivity index (χ1) is 11.5. The highest BCUT2D eigenvalue weighted by atomic mass is 35.5. The molecule has 0 aliphatic heterocycles. The van der Waals surface area contributed by atoms with Crippen molar-refractivity contribution in [1.82, 2.24) is 0 Å². The first-order valence-electron chi connectivity index (χ1n) is 7.04. The van der Waals surface area contributed by atoms with Crippen molar-refractivity contribution < 1.29 is 23.1 Å². The molecule has 25 heavy (non-hydrogen) atoms. The Labute approximate surface area is 146 Å². The van der Waals surface area contributed by atoms with Gasteiger partial charge < -0.3 is 21.5 Å². The number of nitrogen functional groups attached to an aromatic ring is 1. The summed E-state index contributed by atoms with van der Waals surface area (Å²) in [5.74, 6) is -1.63. The molecule has 0 bridgehead atoms. The number of para-hydroxylation sites is 2. The zero-order valence-corrected chi connectivity index (χ0v) is 13.7. The number of alkyl halides is 3. The van der Waals surface area contributed by atoms with Gasteiger partial charge in [-0.05, 0) is 37.3 Å². The zero-order valence-electron chi connectivity index (χ0n) is 13.0. The van der Waals surface area contributed by atoms with Gasteiger partial charge in [-0.2, -0.15) is 13.2 Å². The summed E-state index contributed by atoms with van der Waals surface area (Å²) in [5.41, 5.74) is 3.84. The van der Waals surface area contributed by atoms with Crippen LogP contribution in [0.3, 0.4) is 0 Å². The second-order valence-electron chi connectivity index (χ2n) is 5.43. The Morgan fingerprint density at radius 3 is 2.36 bits per heavy atom. The van der Waals surface area contributed by atoms with Crippen molar-refractivity contribution in [2.75, 3.05) is 16.4 Å². The molecule has 2 aromatic carbocycles. The molecule has 0 saturated heterocycles. The molecule has 134 valence electrons. The van der Waals surface area contributed by atoms with Crippen LogP contribution in [0.15, 0.2) is 42.5 Å². The molecule has 0 aliphatic rings. The van der Waals surface area contributed by atoms with Gasteiger partial charge in [0.05, 0.1) is 22.1 Å². The summed E-state index contributed by atoms with van der Waals surface area (Å²) in [6.07, 6.45) is -5.12. The second-order valence-corrected chi connectivity index (χ2v) is 5.84. The lowest BCUT2D eigenvalue weighted by Gasteiger charge is -2.25. The van der Waals surface area contributed by atoms with E-state index in [0.717, 1.165) is 0 Å². The van der Waals surface area contributed by atoms with E-state index in [1.54, 1.807) is 24.3 Å². The van der Waals surface area contributed by atoms with Gasteiger partial charge in [-0.15, -0.1) is 0 Å². The molecule has 0 aromatic heterocycles. The van der Waals surface area contributed by atoms with Gasteiger partial charge in [-0.3, -0.25) is 4.79 Å². The highest BCUT2D eigenvalue weighted by Gasteiger charge is 2.55. The van der Waals surface area contributed by atoms with Crippen molar-refractivity contribution in [3.63, 3.8) is 0 Å². The highest BCUT2D eigenvalue weighted by Crippen LogP contribution is 2.33. The molecule has 2 rings (SSSR count). The van der Waals surface area contributed by atoms with Crippen LogP contribution < -0.4 is 16.4 Å². The van der Waals surface area contributed by atoms with Crippen LogP contribution in [0, 0.1) is 0 Å². The van der Waals surface area contributed by atoms with Gasteiger partial charge in [0.2, 0.25) is 5.60 Å². The van der Waals surface area contributed by atoms with E-state index in [9.17, 15) is 23.1 Å². The van der Waals surface area contributed by atoms with Crippen LogP contribution in [0.5, 0.6) is 0 Å². The van der Waals surface area contributed by atoms with Crippen LogP contribution in [0.2, 0.25) is 5.02 Å². The Morgan fingerprint density at radius 2 is 1.80 bits per heavy atom. The second kappa shape index (κ2) is 6.81. The SMILES string of the molecule is CC(O)(C(=O)Nc1ccc(Nc2ccccc2N)cc1Cl)C(F)(F)F. The lowest BCUT2D eigenvalue weighted by atomic mass is 10.1. The molecular weight excluding hydrogens is 359 g/mol. The smallest absolute Gasteiger partial charge is 0.397 e. The Kier molecular flexibility index (Phi) is 5.15. The Morgan fingerprint density at radius 1 is 1.16 bits per heavy atom. The van der Waals surface area contributed by atoms with Crippen molar-refractivity contribution in [2.24, 2.45) is 0 Å². The molecule has 2 aromatic rings. The van der Waals surface area contributed by atoms with E-state index in [1.165, 1.54) is 18.2 Å². The molecule has 9 heteroatoms. The number of hydrogen-bond donors (Lipinski definition) is 4. The van der Waals surface area contributed by atoms with Crippen molar-refractivity contribution in [2.45, 2.75) is 18.7 Å². The number of hydrogen-bond acceptors (Lipinski definition) is 4. The Hall–Kier alpha value is -2.45. The third-order valence-electron chi connectivity index (χ3n) is 3.45. The predicted octanol–water partition coefficient (Wildman–Crippen LogP) is 3.92. The number of amides is 1. The zero-order chi connectivity index (χ0) is 18.8. The number of anilines is 4. The van der Waals surface area contributed by atoms with Gasteiger partial charge in [0, 0.05) is 5.69 Å². The number of benzene rings is 2. The van der Waals surface area contributed by atoms with Gasteiger partial charge in [-0.25, -0.2) is 0 Å². The van der Waals surface area contributed by atoms with Crippen LogP contribution in [0.4, 0.5) is 35.9 Å². The molecule has 5 N–H and O–H groups in total. The largest absolute Gasteiger partial charge is 0.426 e. The van der Waals surface area contributed by atoms with Crippen LogP contribution in [-0.2, 0) is 4.79 Å². The maximum absolute atomic E-state index is 12.7. The number of nitrogens with two attached hydrogens (primary N) is 1. The lowest BCUT2D eigenvalue weighted by Crippen LogP contribution is -2.52. The summed E-state index contributed by atoms with van der Waals surface area (Å²) in [4.78, 5) is 11.7. The van der Waals surface area contributed by atoms with Crippen molar-refractivity contribution in [3.8, 4) is 0 Å². The van der Waals surface area contributed by atoms with E-state index in [1.807, 2.05) is 5.32 Å². The van der Waals surface area contributed by atoms with E-state index in [0.29, 0.717) is 24.0 Å². The first kappa shape index (κ1) is 18.9. The summed E-state index contributed by atoms with van der Waals surface area (Å²) in [6, 6.07) is 11.2. The predicted molar refractivity (Wildman–Crippen MR) is 90.9 cm³/mol. The average Bonchev–Trinajstić information content (AvgIpc) is 2.51. The van der Waals surface area contributed by atoms with Crippen LogP contribution in [-0.4, -0.2) is 22.8 Å². The molecule has 0 radical (unpaired) electrons. The highest BCUT2D eigenvalue weighted by molar-refractivity contribution is 6.34. The summed E-state index contributed by atoms with van der Waals surface area (Å²) < 4.78 is 38.0. The normalized spacial score (nSPS) is 13.8. The minimum atomic E-state index is -5.12. The van der Waals surface area contributed by atoms with Crippen LogP contribution in [0.25, 0.3) is 0 Å². The molecule has 1 atom stereocenters. The minimum Gasteiger partial charge on any atom is -0.397 e. The van der Waals surface area contributed by atoms with Crippen LogP contribution >= 0.6 is 11.6 Å². The molecule has 0 fully saturated rings. The standard InChI is InChI=1S/C16H15ClF3N3O2/c1-15(25,16(18,19)20)14(24)23-12-7-6-9(8-10(12)17)22-13-5-3-2-4-11(13)21/h2-8,22,25H,21H2,1H3,(H,23,24). The van der Waals surface area contributed by atoms with Crippen molar-refractivity contribution >= 4 is 40.3 Å². The number of carbonyl (C=O) groups is 1. The topological polar surface area (TPSA) is 87.4 Å². The molecule has 0 aliphatic carbocycles. The van der Waals surface area contributed by atoms with E-state index in [4.69, 9.17) is 17.3 Å². The van der Waals surface area contributed by atoms with Gasteiger partial charge >= 0.3 is 6.18 Å². The lowest BCUT2D eigenvalue weighted by molar-refractivity contribution is -0.242. The van der Waals surface area contributed by atoms with E-state index < -0.39 is 17.7 Å². The van der Waals surface area contributed by atoms with Gasteiger partial charge in [0.1, 0.15) is 0 Å². The number of carbonyl (C=O) groups excluding carboxylic acids is 1. The number of nitrogens with one attached hydrogen (secondary N) is 2. The molecule has 1 amide bonds. The fourth-order valence-electron chi connectivity index (χ4n) is 1.83. The van der Waals surface area contributed by atoms with E-state index in [2.05, 4.69) is 5.32 Å². The average molecular weight is 374 g/mol. The van der Waals surface area contributed by atoms with Gasteiger partial charge in [0.25, 0.3) is 5.91 Å². The molecular formula is C16H15ClF3N3O2. The fourth-order valence-corrected chi connectivity index (χ4v) is 2.06. The van der Waals surface area contributed by atoms with Gasteiger partial charge in [-0.1, -0.05) is 23.7 Å². The molecule has 0 heterocycles. The molecule has 0 spiro atoms. The third-order valence-corrected chi connectivity index (χ3v) is 3.76. The number of halogens is 4. The summed E-state index contributed by atoms with van der Waals surface area (Å²) in [7, 11) is 0. The number of rotatable bonds is 4.